The standard InChI is InChI=1S/C17H10N6O4/c24-16(9-4-6-10(7-5-9)23(26)27)18-8-13-19-12-3-1-2-11-14(12)15(20-13)21-22-17(11)25/h1-7H,8H2,(H,18,24). The Balaban J connectivity index is 1.56. The second kappa shape index (κ2) is 6.33. The number of carbonyl (C=O) groups excluding carboxylic acids is 2. The zero-order valence-electron chi connectivity index (χ0n) is 13.6. The zero-order chi connectivity index (χ0) is 19.0. The van der Waals surface area contributed by atoms with Crippen LogP contribution in [0.15, 0.2) is 52.7 Å². The molecule has 2 amide bonds. The maximum absolute atomic E-state index is 12.2. The Kier molecular flexibility index (Phi) is 3.84. The molecule has 0 saturated carbocycles. The van der Waals surface area contributed by atoms with E-state index in [1.54, 1.807) is 18.2 Å². The number of non-ortho nitro benzene ring substituents is 1. The van der Waals surface area contributed by atoms with Gasteiger partial charge in [-0.3, -0.25) is 19.7 Å². The van der Waals surface area contributed by atoms with Crippen LogP contribution in [0.3, 0.4) is 0 Å². The fraction of sp³-hybridized carbons (Fsp3) is 0.0588. The predicted octanol–water partition coefficient (Wildman–Crippen LogP) is 2.71. The van der Waals surface area contributed by atoms with Crippen molar-refractivity contribution >= 4 is 34.2 Å². The molecule has 10 heteroatoms. The minimum Gasteiger partial charge on any atom is -0.345 e. The van der Waals surface area contributed by atoms with Crippen molar-refractivity contribution in [3.8, 4) is 0 Å². The van der Waals surface area contributed by atoms with E-state index in [0.717, 1.165) is 0 Å². The average Bonchev–Trinajstić information content (AvgIpc) is 2.69. The van der Waals surface area contributed by atoms with Crippen molar-refractivity contribution in [1.82, 2.24) is 15.3 Å². The fourth-order valence-corrected chi connectivity index (χ4v) is 2.68. The van der Waals surface area contributed by atoms with Gasteiger partial charge < -0.3 is 5.32 Å². The van der Waals surface area contributed by atoms with Crippen LogP contribution in [0.5, 0.6) is 0 Å². The van der Waals surface area contributed by atoms with Crippen LogP contribution in [0, 0.1) is 10.1 Å². The highest BCUT2D eigenvalue weighted by atomic mass is 16.6. The number of hydrogen-bond donors (Lipinski definition) is 1. The molecule has 3 aromatic rings. The smallest absolute Gasteiger partial charge is 0.296 e. The van der Waals surface area contributed by atoms with E-state index in [1.165, 1.54) is 24.3 Å². The third kappa shape index (κ3) is 2.99. The van der Waals surface area contributed by atoms with Gasteiger partial charge >= 0.3 is 0 Å². The summed E-state index contributed by atoms with van der Waals surface area (Å²) in [4.78, 5) is 42.7. The van der Waals surface area contributed by atoms with Crippen molar-refractivity contribution in [3.63, 3.8) is 0 Å². The summed E-state index contributed by atoms with van der Waals surface area (Å²) in [5.41, 5.74) is 1.09. The summed E-state index contributed by atoms with van der Waals surface area (Å²) in [5.74, 6) is -0.295. The molecule has 132 valence electrons. The molecule has 27 heavy (non-hydrogen) atoms. The summed E-state index contributed by atoms with van der Waals surface area (Å²) < 4.78 is 0. The quantitative estimate of drug-likeness (QED) is 0.559. The number of azo groups is 1. The minimum atomic E-state index is -0.538. The van der Waals surface area contributed by atoms with Crippen LogP contribution >= 0.6 is 0 Å². The van der Waals surface area contributed by atoms with Gasteiger partial charge in [0.2, 0.25) is 0 Å². The topological polar surface area (TPSA) is 140 Å². The van der Waals surface area contributed by atoms with Gasteiger partial charge in [-0.25, -0.2) is 9.97 Å². The lowest BCUT2D eigenvalue weighted by molar-refractivity contribution is -0.384. The highest BCUT2D eigenvalue weighted by Gasteiger charge is 2.20. The first-order valence-electron chi connectivity index (χ1n) is 7.81. The SMILES string of the molecule is O=C(NCc1nc2c3c(cccc3n1)C(=O)N=N2)c1ccc([N+](=O)[O-])cc1. The van der Waals surface area contributed by atoms with Crippen molar-refractivity contribution in [3.05, 3.63) is 69.5 Å². The molecule has 0 saturated heterocycles. The maximum atomic E-state index is 12.2. The lowest BCUT2D eigenvalue weighted by Gasteiger charge is -2.11. The van der Waals surface area contributed by atoms with Crippen LogP contribution in [-0.2, 0) is 6.54 Å². The number of nitro benzene ring substituents is 1. The van der Waals surface area contributed by atoms with E-state index in [1.807, 2.05) is 0 Å². The molecule has 0 atom stereocenters. The summed E-state index contributed by atoms with van der Waals surface area (Å²) in [6, 6.07) is 10.3. The van der Waals surface area contributed by atoms with Crippen LogP contribution in [0.2, 0.25) is 0 Å². The van der Waals surface area contributed by atoms with E-state index >= 15 is 0 Å². The third-order valence-corrected chi connectivity index (χ3v) is 3.96. The van der Waals surface area contributed by atoms with Gasteiger partial charge in [0.25, 0.3) is 17.5 Å². The molecule has 0 unspecified atom stereocenters. The van der Waals surface area contributed by atoms with Crippen molar-refractivity contribution < 1.29 is 14.5 Å². The summed E-state index contributed by atoms with van der Waals surface area (Å²) in [5, 5.41) is 21.2. The van der Waals surface area contributed by atoms with Gasteiger partial charge in [-0.1, -0.05) is 6.07 Å². The van der Waals surface area contributed by atoms with E-state index in [0.29, 0.717) is 22.3 Å². The van der Waals surface area contributed by atoms with E-state index in [9.17, 15) is 19.7 Å². The molecule has 1 aliphatic heterocycles. The number of nitro groups is 1. The summed E-state index contributed by atoms with van der Waals surface area (Å²) in [6.07, 6.45) is 0. The second-order valence-electron chi connectivity index (χ2n) is 5.65. The zero-order valence-corrected chi connectivity index (χ0v) is 13.6. The normalized spacial score (nSPS) is 12.2. The van der Waals surface area contributed by atoms with Gasteiger partial charge in [0.15, 0.2) is 11.6 Å². The van der Waals surface area contributed by atoms with E-state index in [-0.39, 0.29) is 23.6 Å². The van der Waals surface area contributed by atoms with Crippen LogP contribution < -0.4 is 5.32 Å². The first kappa shape index (κ1) is 16.4. The number of nitrogens with one attached hydrogen (secondary N) is 1. The Hall–Kier alpha value is -4.08. The molecule has 2 heterocycles. The highest BCUT2D eigenvalue weighted by molar-refractivity contribution is 6.11. The minimum absolute atomic E-state index is 0.0203. The molecule has 0 aliphatic carbocycles. The number of amides is 2. The Morgan fingerprint density at radius 1 is 1.07 bits per heavy atom. The predicted molar refractivity (Wildman–Crippen MR) is 92.7 cm³/mol. The molecule has 1 aliphatic rings. The Bertz CT molecular complexity index is 1140. The molecule has 0 fully saturated rings. The number of hydrogen-bond acceptors (Lipinski definition) is 7. The fourth-order valence-electron chi connectivity index (χ4n) is 2.68. The molecule has 0 spiro atoms. The molecular formula is C17H10N6O4. The molecule has 2 aromatic carbocycles. The molecule has 1 N–H and O–H groups in total. The third-order valence-electron chi connectivity index (χ3n) is 3.96. The Morgan fingerprint density at radius 3 is 2.59 bits per heavy atom. The Morgan fingerprint density at radius 2 is 1.85 bits per heavy atom. The van der Waals surface area contributed by atoms with Gasteiger partial charge in [0.05, 0.1) is 27.9 Å². The lowest BCUT2D eigenvalue weighted by Crippen LogP contribution is -2.24. The van der Waals surface area contributed by atoms with E-state index in [4.69, 9.17) is 0 Å². The number of rotatable bonds is 4. The van der Waals surface area contributed by atoms with Crippen molar-refractivity contribution in [2.45, 2.75) is 6.54 Å². The molecule has 1 aromatic heterocycles. The number of benzene rings is 2. The molecule has 0 radical (unpaired) electrons. The van der Waals surface area contributed by atoms with Crippen LogP contribution in [0.25, 0.3) is 10.9 Å². The first-order valence-corrected chi connectivity index (χ1v) is 7.81. The maximum Gasteiger partial charge on any atom is 0.296 e. The lowest BCUT2D eigenvalue weighted by atomic mass is 10.1. The van der Waals surface area contributed by atoms with Crippen molar-refractivity contribution in [1.29, 1.82) is 0 Å². The van der Waals surface area contributed by atoms with Gasteiger partial charge in [0.1, 0.15) is 0 Å². The largest absolute Gasteiger partial charge is 0.345 e. The second-order valence-corrected chi connectivity index (χ2v) is 5.65. The summed E-state index contributed by atoms with van der Waals surface area (Å²) >= 11 is 0. The van der Waals surface area contributed by atoms with Gasteiger partial charge in [-0.05, 0) is 24.3 Å². The molecule has 10 nitrogen and oxygen atoms in total. The van der Waals surface area contributed by atoms with Gasteiger partial charge in [-0.15, -0.1) is 10.2 Å². The van der Waals surface area contributed by atoms with Crippen LogP contribution in [-0.4, -0.2) is 26.7 Å². The van der Waals surface area contributed by atoms with E-state index < -0.39 is 16.7 Å². The highest BCUT2D eigenvalue weighted by Crippen LogP contribution is 2.30. The van der Waals surface area contributed by atoms with Gasteiger partial charge in [0, 0.05) is 17.7 Å². The summed E-state index contributed by atoms with van der Waals surface area (Å²) in [7, 11) is 0. The molecule has 0 bridgehead atoms. The van der Waals surface area contributed by atoms with Gasteiger partial charge in [-0.2, -0.15) is 0 Å². The summed E-state index contributed by atoms with van der Waals surface area (Å²) in [6.45, 7) is 0.0203. The molecular weight excluding hydrogens is 352 g/mol. The van der Waals surface area contributed by atoms with Crippen molar-refractivity contribution in [2.75, 3.05) is 0 Å². The first-order chi connectivity index (χ1) is 13.0. The number of nitrogens with zero attached hydrogens (tertiary/aromatic N) is 5. The average molecular weight is 362 g/mol. The van der Waals surface area contributed by atoms with Crippen molar-refractivity contribution in [2.24, 2.45) is 10.2 Å². The van der Waals surface area contributed by atoms with Crippen LogP contribution in [0.1, 0.15) is 26.5 Å². The number of carbonyl (C=O) groups is 2. The van der Waals surface area contributed by atoms with E-state index in [2.05, 4.69) is 25.5 Å². The van der Waals surface area contributed by atoms with Crippen LogP contribution in [0.4, 0.5) is 11.5 Å². The Labute approximate surface area is 151 Å². The number of aromatic nitrogens is 2. The monoisotopic (exact) mass is 362 g/mol. The molecule has 4 rings (SSSR count).